The number of hydrogen-bond donors (Lipinski definition) is 1. The van der Waals surface area contributed by atoms with E-state index in [2.05, 4.69) is 10.2 Å². The number of likely N-dealkylation sites (N-methyl/N-ethyl adjacent to an activating group) is 1. The minimum atomic E-state index is -1.25. The van der Waals surface area contributed by atoms with Crippen molar-refractivity contribution in [3.63, 3.8) is 0 Å². The van der Waals surface area contributed by atoms with Crippen LogP contribution in [0.4, 0.5) is 13.2 Å². The van der Waals surface area contributed by atoms with E-state index in [1.807, 2.05) is 0 Å². The Bertz CT molecular complexity index is 687. The summed E-state index contributed by atoms with van der Waals surface area (Å²) in [6, 6.07) is 3.03. The number of rotatable bonds is 2. The van der Waals surface area contributed by atoms with Crippen molar-refractivity contribution in [1.82, 2.24) is 15.1 Å². The maximum absolute atomic E-state index is 14.0. The number of hydrogen-bond acceptors (Lipinski definition) is 2. The Hall–Kier alpha value is -2.31. The van der Waals surface area contributed by atoms with Gasteiger partial charge in [0.2, 0.25) is 5.91 Å². The second-order valence-electron chi connectivity index (χ2n) is 5.11. The maximum atomic E-state index is 14.0. The van der Waals surface area contributed by atoms with Crippen LogP contribution in [0.2, 0.25) is 0 Å². The zero-order valence-electron chi connectivity index (χ0n) is 11.1. The molecular formula is C14H12F3N3O. The number of carbonyl (C=O) groups is 1. The number of aromatic nitrogens is 2. The number of carbonyl (C=O) groups excluding carboxylic acids is 1. The van der Waals surface area contributed by atoms with Crippen LogP contribution in [0.3, 0.4) is 0 Å². The molecule has 21 heavy (non-hydrogen) atoms. The fourth-order valence-electron chi connectivity index (χ4n) is 2.81. The summed E-state index contributed by atoms with van der Waals surface area (Å²) in [5, 5.41) is 6.45. The summed E-state index contributed by atoms with van der Waals surface area (Å²) in [5.41, 5.74) is 0.364. The van der Waals surface area contributed by atoms with Crippen molar-refractivity contribution in [2.75, 3.05) is 13.6 Å². The van der Waals surface area contributed by atoms with Crippen LogP contribution in [0, 0.1) is 17.5 Å². The number of benzene rings is 1. The summed E-state index contributed by atoms with van der Waals surface area (Å²) in [5.74, 6) is -4.88. The van der Waals surface area contributed by atoms with Crippen molar-refractivity contribution < 1.29 is 18.0 Å². The van der Waals surface area contributed by atoms with Gasteiger partial charge in [-0.1, -0.05) is 0 Å². The van der Waals surface area contributed by atoms with Gasteiger partial charge in [0, 0.05) is 37.5 Å². The number of nitrogens with one attached hydrogen (secondary N) is 1. The molecule has 1 amide bonds. The summed E-state index contributed by atoms with van der Waals surface area (Å²) in [4.78, 5) is 13.7. The quantitative estimate of drug-likeness (QED) is 0.863. The number of halogens is 3. The van der Waals surface area contributed by atoms with Crippen molar-refractivity contribution in [3.8, 4) is 0 Å². The SMILES string of the molecule is CN1CC(c2cc(F)cc(F)c2F)C(c2ccn[nH]2)C1=O. The average molecular weight is 295 g/mol. The molecule has 2 atom stereocenters. The molecule has 1 saturated heterocycles. The Morgan fingerprint density at radius 3 is 2.76 bits per heavy atom. The highest BCUT2D eigenvalue weighted by atomic mass is 19.2. The van der Waals surface area contributed by atoms with Crippen molar-refractivity contribution >= 4 is 5.91 Å². The predicted octanol–water partition coefficient (Wildman–Crippen LogP) is 2.17. The topological polar surface area (TPSA) is 49.0 Å². The first-order valence-corrected chi connectivity index (χ1v) is 6.37. The molecule has 2 unspecified atom stereocenters. The van der Waals surface area contributed by atoms with Gasteiger partial charge in [-0.2, -0.15) is 5.10 Å². The molecule has 7 heteroatoms. The van der Waals surface area contributed by atoms with Gasteiger partial charge in [0.25, 0.3) is 0 Å². The van der Waals surface area contributed by atoms with Crippen LogP contribution in [0.1, 0.15) is 23.1 Å². The zero-order valence-corrected chi connectivity index (χ0v) is 11.1. The molecule has 0 aliphatic carbocycles. The first-order valence-electron chi connectivity index (χ1n) is 6.37. The van der Waals surface area contributed by atoms with E-state index in [1.54, 1.807) is 13.1 Å². The van der Waals surface area contributed by atoms with E-state index in [4.69, 9.17) is 0 Å². The lowest BCUT2D eigenvalue weighted by Gasteiger charge is -2.16. The van der Waals surface area contributed by atoms with Gasteiger partial charge in [0.1, 0.15) is 5.82 Å². The van der Waals surface area contributed by atoms with E-state index in [0.717, 1.165) is 6.07 Å². The number of amides is 1. The molecule has 0 radical (unpaired) electrons. The van der Waals surface area contributed by atoms with E-state index in [9.17, 15) is 18.0 Å². The molecule has 1 aromatic heterocycles. The van der Waals surface area contributed by atoms with Crippen LogP contribution in [0.25, 0.3) is 0 Å². The minimum Gasteiger partial charge on any atom is -0.345 e. The van der Waals surface area contributed by atoms with Gasteiger partial charge in [-0.25, -0.2) is 13.2 Å². The third-order valence-electron chi connectivity index (χ3n) is 3.79. The van der Waals surface area contributed by atoms with Crippen molar-refractivity contribution in [2.24, 2.45) is 0 Å². The fraction of sp³-hybridized carbons (Fsp3) is 0.286. The Labute approximate surface area is 118 Å². The third-order valence-corrected chi connectivity index (χ3v) is 3.79. The van der Waals surface area contributed by atoms with Crippen LogP contribution in [-0.2, 0) is 4.79 Å². The Morgan fingerprint density at radius 2 is 2.10 bits per heavy atom. The van der Waals surface area contributed by atoms with Gasteiger partial charge < -0.3 is 4.90 Å². The number of aromatic amines is 1. The predicted molar refractivity (Wildman–Crippen MR) is 68.0 cm³/mol. The van der Waals surface area contributed by atoms with Gasteiger partial charge >= 0.3 is 0 Å². The lowest BCUT2D eigenvalue weighted by Crippen LogP contribution is -2.21. The third kappa shape index (κ3) is 2.18. The Kier molecular flexibility index (Phi) is 3.19. The van der Waals surface area contributed by atoms with E-state index < -0.39 is 29.3 Å². The average Bonchev–Trinajstić information content (AvgIpc) is 3.03. The standard InChI is InChI=1S/C14H12F3N3O/c1-20-6-9(8-4-7(15)5-10(16)13(8)17)12(14(20)21)11-2-3-18-19-11/h2-5,9,12H,6H2,1H3,(H,18,19). The second kappa shape index (κ2) is 4.91. The molecule has 2 heterocycles. The van der Waals surface area contributed by atoms with E-state index >= 15 is 0 Å². The molecule has 4 nitrogen and oxygen atoms in total. The molecule has 0 spiro atoms. The highest BCUT2D eigenvalue weighted by molar-refractivity contribution is 5.86. The first kappa shape index (κ1) is 13.7. The van der Waals surface area contributed by atoms with Crippen LogP contribution in [-0.4, -0.2) is 34.6 Å². The zero-order chi connectivity index (χ0) is 15.1. The smallest absolute Gasteiger partial charge is 0.232 e. The van der Waals surface area contributed by atoms with Crippen LogP contribution in [0.15, 0.2) is 24.4 Å². The lowest BCUT2D eigenvalue weighted by molar-refractivity contribution is -0.127. The summed E-state index contributed by atoms with van der Waals surface area (Å²) in [6.07, 6.45) is 1.47. The molecule has 1 aliphatic rings. The molecule has 110 valence electrons. The monoisotopic (exact) mass is 295 g/mol. The lowest BCUT2D eigenvalue weighted by atomic mass is 9.86. The molecule has 1 aliphatic heterocycles. The van der Waals surface area contributed by atoms with E-state index in [0.29, 0.717) is 11.8 Å². The van der Waals surface area contributed by atoms with Crippen molar-refractivity contribution in [2.45, 2.75) is 11.8 Å². The minimum absolute atomic E-state index is 0.134. The van der Waals surface area contributed by atoms with Gasteiger partial charge in [0.05, 0.1) is 5.92 Å². The largest absolute Gasteiger partial charge is 0.345 e. The Balaban J connectivity index is 2.10. The second-order valence-corrected chi connectivity index (χ2v) is 5.11. The molecule has 0 saturated carbocycles. The van der Waals surface area contributed by atoms with Crippen LogP contribution < -0.4 is 0 Å². The summed E-state index contributed by atoms with van der Waals surface area (Å²) >= 11 is 0. The number of H-pyrrole nitrogens is 1. The van der Waals surface area contributed by atoms with Gasteiger partial charge in [-0.15, -0.1) is 0 Å². The Morgan fingerprint density at radius 1 is 1.33 bits per heavy atom. The molecular weight excluding hydrogens is 283 g/mol. The van der Waals surface area contributed by atoms with Gasteiger partial charge in [0.15, 0.2) is 11.6 Å². The molecule has 3 rings (SSSR count). The van der Waals surface area contributed by atoms with Crippen molar-refractivity contribution in [1.29, 1.82) is 0 Å². The highest BCUT2D eigenvalue weighted by Crippen LogP contribution is 2.40. The highest BCUT2D eigenvalue weighted by Gasteiger charge is 2.42. The van der Waals surface area contributed by atoms with Crippen LogP contribution in [0.5, 0.6) is 0 Å². The summed E-state index contributed by atoms with van der Waals surface area (Å²) in [7, 11) is 1.57. The van der Waals surface area contributed by atoms with Gasteiger partial charge in [-0.05, 0) is 17.7 Å². The summed E-state index contributed by atoms with van der Waals surface area (Å²) in [6.45, 7) is 0.183. The normalized spacial score (nSPS) is 22.1. The molecule has 2 aromatic rings. The van der Waals surface area contributed by atoms with Crippen molar-refractivity contribution in [3.05, 3.63) is 53.1 Å². The summed E-state index contributed by atoms with van der Waals surface area (Å²) < 4.78 is 40.8. The molecule has 1 fully saturated rings. The van der Waals surface area contributed by atoms with Crippen LogP contribution >= 0.6 is 0 Å². The number of nitrogens with zero attached hydrogens (tertiary/aromatic N) is 2. The molecule has 1 N–H and O–H groups in total. The fourth-order valence-corrected chi connectivity index (χ4v) is 2.81. The maximum Gasteiger partial charge on any atom is 0.232 e. The van der Waals surface area contributed by atoms with Gasteiger partial charge in [-0.3, -0.25) is 9.89 Å². The molecule has 0 bridgehead atoms. The number of likely N-dealkylation sites (tertiary alicyclic amines) is 1. The van der Waals surface area contributed by atoms with E-state index in [1.165, 1.54) is 11.1 Å². The first-order chi connectivity index (χ1) is 9.99. The molecule has 1 aromatic carbocycles. The van der Waals surface area contributed by atoms with E-state index in [-0.39, 0.29) is 18.0 Å².